The molecule has 2 bridgehead atoms. The minimum atomic E-state index is -3.87. The summed E-state index contributed by atoms with van der Waals surface area (Å²) in [6, 6.07) is 10.4. The van der Waals surface area contributed by atoms with Crippen molar-refractivity contribution in [3.05, 3.63) is 69.7 Å². The molecule has 12 heteroatoms. The molecule has 5 rings (SSSR count). The number of fused-ring (bicyclic) bond motifs is 2. The average molecular weight is 612 g/mol. The molecule has 0 radical (unpaired) electrons. The highest BCUT2D eigenvalue weighted by atomic mass is 35.5. The summed E-state index contributed by atoms with van der Waals surface area (Å²) >= 11 is 14.0. The highest BCUT2D eigenvalue weighted by Crippen LogP contribution is 2.64. The molecule has 1 aromatic heterocycles. The second-order valence-corrected chi connectivity index (χ2v) is 14.5. The second-order valence-electron chi connectivity index (χ2n) is 11.0. The number of thioether (sulfide) groups is 1. The van der Waals surface area contributed by atoms with Crippen LogP contribution in [0.5, 0.6) is 0 Å². The summed E-state index contributed by atoms with van der Waals surface area (Å²) in [6.07, 6.45) is 1.89. The topological polar surface area (TPSA) is 93.9 Å². The van der Waals surface area contributed by atoms with Crippen molar-refractivity contribution >= 4 is 50.8 Å². The van der Waals surface area contributed by atoms with Gasteiger partial charge in [-0.05, 0) is 67.0 Å². The molecule has 0 saturated heterocycles. The van der Waals surface area contributed by atoms with Crippen LogP contribution in [0.1, 0.15) is 57.5 Å². The predicted molar refractivity (Wildman–Crippen MR) is 151 cm³/mol. The first kappa shape index (κ1) is 28.5. The summed E-state index contributed by atoms with van der Waals surface area (Å²) in [4.78, 5) is 13.0. The summed E-state index contributed by atoms with van der Waals surface area (Å²) in [5.41, 5.74) is 0.166. The third kappa shape index (κ3) is 5.26. The number of nitrogens with zero attached hydrogens (tertiary/aromatic N) is 3. The number of hydrogen-bond acceptors (Lipinski definition) is 6. The Morgan fingerprint density at radius 2 is 1.90 bits per heavy atom. The van der Waals surface area contributed by atoms with E-state index < -0.39 is 21.5 Å². The maximum atomic E-state index is 13.5. The smallest absolute Gasteiger partial charge is 0.213 e. The molecule has 1 heterocycles. The number of halogens is 3. The van der Waals surface area contributed by atoms with Crippen molar-refractivity contribution < 1.29 is 17.6 Å². The fourth-order valence-corrected chi connectivity index (χ4v) is 9.52. The number of sulfonamides is 1. The second kappa shape index (κ2) is 10.4. The first-order chi connectivity index (χ1) is 18.3. The van der Waals surface area contributed by atoms with Gasteiger partial charge in [-0.1, -0.05) is 60.9 Å². The monoisotopic (exact) mass is 610 g/mol. The lowest BCUT2D eigenvalue weighted by atomic mass is 9.70. The number of ketones is 1. The molecular weight excluding hydrogens is 582 g/mol. The molecule has 2 aromatic carbocycles. The Bertz CT molecular complexity index is 1530. The molecule has 3 aromatic rings. The van der Waals surface area contributed by atoms with Crippen molar-refractivity contribution in [2.45, 2.75) is 57.0 Å². The van der Waals surface area contributed by atoms with Crippen LogP contribution in [0.25, 0.3) is 5.69 Å². The van der Waals surface area contributed by atoms with Gasteiger partial charge in [0.25, 0.3) is 0 Å². The van der Waals surface area contributed by atoms with Crippen molar-refractivity contribution in [1.29, 1.82) is 0 Å². The first-order valence-corrected chi connectivity index (χ1v) is 16.0. The zero-order valence-corrected chi connectivity index (χ0v) is 24.9. The van der Waals surface area contributed by atoms with Crippen LogP contribution in [-0.4, -0.2) is 34.7 Å². The summed E-state index contributed by atoms with van der Waals surface area (Å²) in [5.74, 6) is 0.493. The van der Waals surface area contributed by atoms with Crippen LogP contribution in [0.3, 0.4) is 0 Å². The van der Waals surface area contributed by atoms with Gasteiger partial charge < -0.3 is 0 Å². The van der Waals surface area contributed by atoms with Crippen LogP contribution in [0, 0.1) is 22.6 Å². The van der Waals surface area contributed by atoms with Gasteiger partial charge in [-0.3, -0.25) is 9.36 Å². The van der Waals surface area contributed by atoms with Crippen molar-refractivity contribution in [2.24, 2.45) is 16.7 Å². The largest absolute Gasteiger partial charge is 0.299 e. The molecule has 0 aliphatic heterocycles. The highest BCUT2D eigenvalue weighted by molar-refractivity contribution is 7.98. The third-order valence-electron chi connectivity index (χ3n) is 8.41. The number of benzene rings is 2. The number of aromatic nitrogens is 3. The Kier molecular flexibility index (Phi) is 7.65. The Labute approximate surface area is 241 Å². The van der Waals surface area contributed by atoms with Gasteiger partial charge in [0.1, 0.15) is 11.6 Å². The third-order valence-corrected chi connectivity index (χ3v) is 11.5. The van der Waals surface area contributed by atoms with Gasteiger partial charge in [-0.2, -0.15) is 0 Å². The Morgan fingerprint density at radius 1 is 1.18 bits per heavy atom. The molecule has 208 valence electrons. The predicted octanol–water partition coefficient (Wildman–Crippen LogP) is 6.38. The van der Waals surface area contributed by atoms with Crippen LogP contribution in [0.4, 0.5) is 4.39 Å². The lowest BCUT2D eigenvalue weighted by Crippen LogP contribution is -2.45. The summed E-state index contributed by atoms with van der Waals surface area (Å²) in [6.45, 7) is 5.71. The van der Waals surface area contributed by atoms with Crippen LogP contribution in [-0.2, 0) is 20.6 Å². The molecule has 2 fully saturated rings. The SMILES string of the molecule is CC(NS(=O)(=O)CC12CCC(CC1=O)C2(C)C)c1nnc(SCc2ccc(F)cc2)n1-c1ccc(Cl)cc1Cl. The molecule has 1 N–H and O–H groups in total. The Balaban J connectivity index is 1.44. The molecule has 2 saturated carbocycles. The maximum absolute atomic E-state index is 13.5. The van der Waals surface area contributed by atoms with Gasteiger partial charge in [0.2, 0.25) is 10.0 Å². The van der Waals surface area contributed by atoms with E-state index in [4.69, 9.17) is 23.2 Å². The zero-order chi connectivity index (χ0) is 28.2. The molecule has 2 aliphatic rings. The van der Waals surface area contributed by atoms with E-state index in [1.54, 1.807) is 41.8 Å². The van der Waals surface area contributed by atoms with E-state index in [0.717, 1.165) is 12.0 Å². The molecule has 3 unspecified atom stereocenters. The lowest BCUT2D eigenvalue weighted by molar-refractivity contribution is -0.128. The number of hydrogen-bond donors (Lipinski definition) is 1. The van der Waals surface area contributed by atoms with Gasteiger partial charge >= 0.3 is 0 Å². The molecule has 0 amide bonds. The van der Waals surface area contributed by atoms with Gasteiger partial charge in [-0.15, -0.1) is 10.2 Å². The summed E-state index contributed by atoms with van der Waals surface area (Å²) < 4.78 is 44.8. The van der Waals surface area contributed by atoms with Gasteiger partial charge in [0.15, 0.2) is 11.0 Å². The molecule has 7 nitrogen and oxygen atoms in total. The van der Waals surface area contributed by atoms with Crippen LogP contribution >= 0.6 is 35.0 Å². The van der Waals surface area contributed by atoms with E-state index in [-0.39, 0.29) is 28.7 Å². The van der Waals surface area contributed by atoms with Crippen molar-refractivity contribution in [2.75, 3.05) is 5.75 Å². The number of Topliss-reactive ketones (excluding diaryl/α,β-unsaturated/α-hetero) is 1. The minimum Gasteiger partial charge on any atom is -0.299 e. The van der Waals surface area contributed by atoms with Crippen molar-refractivity contribution in [3.8, 4) is 5.69 Å². The normalized spacial score (nSPS) is 22.9. The van der Waals surface area contributed by atoms with Crippen LogP contribution in [0.2, 0.25) is 10.0 Å². The lowest BCUT2D eigenvalue weighted by Gasteiger charge is -2.36. The minimum absolute atomic E-state index is 0.0392. The number of nitrogens with one attached hydrogen (secondary N) is 1. The van der Waals surface area contributed by atoms with Crippen LogP contribution < -0.4 is 4.72 Å². The standard InChI is InChI=1S/C27H29Cl2FN4O3S2/c1-16(33-39(36,37)15-27-11-10-18(12-23(27)35)26(27,2)3)24-31-32-25(38-14-17-4-7-20(30)8-5-17)34(24)22-9-6-19(28)13-21(22)29/h4-9,13,16,18,33H,10-12,14-15H2,1-3H3. The fourth-order valence-electron chi connectivity index (χ4n) is 6.07. The average Bonchev–Trinajstić information content (AvgIpc) is 3.43. The van der Waals surface area contributed by atoms with E-state index in [1.165, 1.54) is 23.9 Å². The van der Waals surface area contributed by atoms with Crippen molar-refractivity contribution in [3.63, 3.8) is 0 Å². The van der Waals surface area contributed by atoms with E-state index in [0.29, 0.717) is 45.3 Å². The van der Waals surface area contributed by atoms with E-state index >= 15 is 0 Å². The number of carbonyl (C=O) groups excluding carboxylic acids is 1. The number of carbonyl (C=O) groups is 1. The van der Waals surface area contributed by atoms with Crippen molar-refractivity contribution in [1.82, 2.24) is 19.5 Å². The van der Waals surface area contributed by atoms with Gasteiger partial charge in [0, 0.05) is 22.6 Å². The number of rotatable bonds is 9. The zero-order valence-electron chi connectivity index (χ0n) is 21.7. The van der Waals surface area contributed by atoms with E-state index in [9.17, 15) is 17.6 Å². The quantitative estimate of drug-likeness (QED) is 0.282. The Hall–Kier alpha value is -1.98. The first-order valence-electron chi connectivity index (χ1n) is 12.6. The molecular formula is C27H29Cl2FN4O3S2. The molecule has 2 aliphatic carbocycles. The van der Waals surface area contributed by atoms with Gasteiger partial charge in [-0.25, -0.2) is 17.5 Å². The molecule has 39 heavy (non-hydrogen) atoms. The van der Waals surface area contributed by atoms with Crippen LogP contribution in [0.15, 0.2) is 47.6 Å². The summed E-state index contributed by atoms with van der Waals surface area (Å²) in [7, 11) is -3.87. The summed E-state index contributed by atoms with van der Waals surface area (Å²) in [5, 5.41) is 9.94. The molecule has 0 spiro atoms. The van der Waals surface area contributed by atoms with E-state index in [2.05, 4.69) is 14.9 Å². The highest BCUT2D eigenvalue weighted by Gasteiger charge is 2.65. The van der Waals surface area contributed by atoms with Gasteiger partial charge in [0.05, 0.1) is 22.5 Å². The fraction of sp³-hybridized carbons (Fsp3) is 0.444. The maximum Gasteiger partial charge on any atom is 0.213 e. The molecule has 3 atom stereocenters. The Morgan fingerprint density at radius 3 is 2.51 bits per heavy atom. The van der Waals surface area contributed by atoms with E-state index in [1.807, 2.05) is 13.8 Å².